The van der Waals surface area contributed by atoms with E-state index >= 15 is 0 Å². The molecule has 4 heterocycles. The molecule has 5 aromatic rings. The molecule has 0 spiro atoms. The number of aromatic hydroxyl groups is 1. The van der Waals surface area contributed by atoms with Crippen molar-refractivity contribution in [3.8, 4) is 28.4 Å². The van der Waals surface area contributed by atoms with Gasteiger partial charge in [-0.15, -0.1) is 0 Å². The van der Waals surface area contributed by atoms with Gasteiger partial charge in [0.15, 0.2) is 0 Å². The number of fused-ring (bicyclic) bond motifs is 2. The zero-order chi connectivity index (χ0) is 17.5. The molecule has 5 heteroatoms. The Hall–Kier alpha value is -3.73. The van der Waals surface area contributed by atoms with E-state index in [4.69, 9.17) is 0 Å². The maximum atomic E-state index is 10.3. The van der Waals surface area contributed by atoms with Gasteiger partial charge < -0.3 is 5.11 Å². The first-order valence-corrected chi connectivity index (χ1v) is 8.29. The summed E-state index contributed by atoms with van der Waals surface area (Å²) in [6, 6.07) is 21.1. The summed E-state index contributed by atoms with van der Waals surface area (Å²) in [4.78, 5) is 8.93. The van der Waals surface area contributed by atoms with E-state index in [1.54, 1.807) is 23.0 Å². The number of hydrogen-bond acceptors (Lipinski definition) is 4. The van der Waals surface area contributed by atoms with Crippen LogP contribution in [0.2, 0.25) is 0 Å². The minimum absolute atomic E-state index is 0.0873. The number of nitrogens with zero attached hydrogens (tertiary/aromatic N) is 4. The number of aromatic nitrogens is 4. The fourth-order valence-electron chi connectivity index (χ4n) is 3.32. The molecule has 1 aromatic carbocycles. The van der Waals surface area contributed by atoms with Crippen molar-refractivity contribution in [1.29, 1.82) is 0 Å². The van der Waals surface area contributed by atoms with Crippen LogP contribution >= 0.6 is 0 Å². The molecule has 0 bridgehead atoms. The lowest BCUT2D eigenvalue weighted by Gasteiger charge is -2.07. The predicted molar refractivity (Wildman–Crippen MR) is 101 cm³/mol. The van der Waals surface area contributed by atoms with Gasteiger partial charge in [-0.1, -0.05) is 30.3 Å². The molecule has 0 radical (unpaired) electrons. The Bertz CT molecular complexity index is 1240. The zero-order valence-corrected chi connectivity index (χ0v) is 13.7. The largest absolute Gasteiger partial charge is 0.493 e. The molecule has 0 aliphatic carbocycles. The summed E-state index contributed by atoms with van der Waals surface area (Å²) in [6.45, 7) is 0. The quantitative estimate of drug-likeness (QED) is 0.521. The maximum absolute atomic E-state index is 10.3. The second-order valence-corrected chi connectivity index (χ2v) is 6.00. The SMILES string of the molecule is Oc1cccc2c(-c3ccnc4ccccc34)c(-c3ccccn3)nn12. The van der Waals surface area contributed by atoms with Gasteiger partial charge in [-0.05, 0) is 35.9 Å². The van der Waals surface area contributed by atoms with Crippen molar-refractivity contribution in [1.82, 2.24) is 19.6 Å². The number of para-hydroxylation sites is 1. The first-order valence-electron chi connectivity index (χ1n) is 8.29. The Morgan fingerprint density at radius 2 is 1.65 bits per heavy atom. The van der Waals surface area contributed by atoms with Crippen LogP contribution in [-0.2, 0) is 0 Å². The molecular weight excluding hydrogens is 324 g/mol. The topological polar surface area (TPSA) is 63.3 Å². The molecule has 0 aliphatic heterocycles. The summed E-state index contributed by atoms with van der Waals surface area (Å²) in [5.41, 5.74) is 5.16. The summed E-state index contributed by atoms with van der Waals surface area (Å²) in [5.74, 6) is 0.0873. The Kier molecular flexibility index (Phi) is 3.18. The summed E-state index contributed by atoms with van der Waals surface area (Å²) in [7, 11) is 0. The van der Waals surface area contributed by atoms with Gasteiger partial charge >= 0.3 is 0 Å². The third-order valence-corrected chi connectivity index (χ3v) is 4.46. The highest BCUT2D eigenvalue weighted by molar-refractivity contribution is 6.03. The zero-order valence-electron chi connectivity index (χ0n) is 13.7. The fourth-order valence-corrected chi connectivity index (χ4v) is 3.32. The first kappa shape index (κ1) is 14.6. The van der Waals surface area contributed by atoms with Crippen molar-refractivity contribution < 1.29 is 5.11 Å². The van der Waals surface area contributed by atoms with Crippen LogP contribution in [0.15, 0.2) is 79.1 Å². The Balaban J connectivity index is 1.94. The average molecular weight is 338 g/mol. The molecular formula is C21H14N4O. The van der Waals surface area contributed by atoms with Crippen LogP contribution in [0.5, 0.6) is 5.88 Å². The van der Waals surface area contributed by atoms with E-state index in [0.717, 1.165) is 38.9 Å². The normalized spacial score (nSPS) is 11.2. The highest BCUT2D eigenvalue weighted by Crippen LogP contribution is 2.38. The van der Waals surface area contributed by atoms with Crippen molar-refractivity contribution in [2.24, 2.45) is 0 Å². The summed E-state index contributed by atoms with van der Waals surface area (Å²) < 4.78 is 1.55. The number of benzene rings is 1. The molecule has 5 nitrogen and oxygen atoms in total. The van der Waals surface area contributed by atoms with Crippen molar-refractivity contribution in [2.75, 3.05) is 0 Å². The third-order valence-electron chi connectivity index (χ3n) is 4.46. The monoisotopic (exact) mass is 338 g/mol. The van der Waals surface area contributed by atoms with Gasteiger partial charge in [-0.3, -0.25) is 9.97 Å². The molecule has 124 valence electrons. The van der Waals surface area contributed by atoms with E-state index in [2.05, 4.69) is 15.1 Å². The van der Waals surface area contributed by atoms with E-state index in [9.17, 15) is 5.11 Å². The number of rotatable bonds is 2. The molecule has 0 fully saturated rings. The first-order chi connectivity index (χ1) is 12.8. The van der Waals surface area contributed by atoms with Crippen LogP contribution in [0.1, 0.15) is 0 Å². The van der Waals surface area contributed by atoms with Crippen molar-refractivity contribution >= 4 is 16.4 Å². The van der Waals surface area contributed by atoms with Crippen LogP contribution < -0.4 is 0 Å². The second-order valence-electron chi connectivity index (χ2n) is 6.00. The standard InChI is InChI=1S/C21H14N4O/c26-19-10-5-9-18-20(15-11-13-23-16-7-2-1-6-14(15)16)21(24-25(18)19)17-8-3-4-12-22-17/h1-13,26H. The van der Waals surface area contributed by atoms with Gasteiger partial charge in [0, 0.05) is 29.4 Å². The Labute approximate surface area is 149 Å². The molecule has 1 N–H and O–H groups in total. The lowest BCUT2D eigenvalue weighted by Crippen LogP contribution is -1.88. The highest BCUT2D eigenvalue weighted by atomic mass is 16.3. The van der Waals surface area contributed by atoms with Crippen molar-refractivity contribution in [3.05, 3.63) is 79.1 Å². The van der Waals surface area contributed by atoms with Crippen LogP contribution in [0.3, 0.4) is 0 Å². The van der Waals surface area contributed by atoms with Crippen molar-refractivity contribution in [3.63, 3.8) is 0 Å². The molecule has 5 rings (SSSR count). The van der Waals surface area contributed by atoms with E-state index in [1.165, 1.54) is 0 Å². The van der Waals surface area contributed by atoms with Gasteiger partial charge in [-0.25, -0.2) is 0 Å². The lowest BCUT2D eigenvalue weighted by atomic mass is 9.98. The molecule has 0 atom stereocenters. The lowest BCUT2D eigenvalue weighted by molar-refractivity contribution is 0.437. The molecule has 0 aliphatic rings. The molecule has 0 amide bonds. The molecule has 0 saturated heterocycles. The predicted octanol–water partition coefficient (Wildman–Crippen LogP) is 4.32. The van der Waals surface area contributed by atoms with Gasteiger partial charge in [0.05, 0.1) is 16.7 Å². The minimum Gasteiger partial charge on any atom is -0.493 e. The van der Waals surface area contributed by atoms with Gasteiger partial charge in [0.1, 0.15) is 5.69 Å². The Morgan fingerprint density at radius 3 is 2.54 bits per heavy atom. The fraction of sp³-hybridized carbons (Fsp3) is 0. The maximum Gasteiger partial charge on any atom is 0.212 e. The smallest absolute Gasteiger partial charge is 0.212 e. The summed E-state index contributed by atoms with van der Waals surface area (Å²) in [5, 5.41) is 16.0. The molecule has 0 unspecified atom stereocenters. The van der Waals surface area contributed by atoms with Crippen LogP contribution in [0.25, 0.3) is 38.9 Å². The number of pyridine rings is 3. The number of hydrogen-bond donors (Lipinski definition) is 1. The summed E-state index contributed by atoms with van der Waals surface area (Å²) >= 11 is 0. The minimum atomic E-state index is 0.0873. The second kappa shape index (κ2) is 5.67. The van der Waals surface area contributed by atoms with Gasteiger partial charge in [0.2, 0.25) is 5.88 Å². The van der Waals surface area contributed by atoms with Gasteiger partial charge in [-0.2, -0.15) is 9.61 Å². The Morgan fingerprint density at radius 1 is 0.769 bits per heavy atom. The molecule has 26 heavy (non-hydrogen) atoms. The molecule has 4 aromatic heterocycles. The van der Waals surface area contributed by atoms with E-state index in [-0.39, 0.29) is 5.88 Å². The van der Waals surface area contributed by atoms with Crippen molar-refractivity contribution in [2.45, 2.75) is 0 Å². The third kappa shape index (κ3) is 2.14. The summed E-state index contributed by atoms with van der Waals surface area (Å²) in [6.07, 6.45) is 3.54. The van der Waals surface area contributed by atoms with Crippen LogP contribution in [0.4, 0.5) is 0 Å². The van der Waals surface area contributed by atoms with Crippen LogP contribution in [-0.4, -0.2) is 24.7 Å². The van der Waals surface area contributed by atoms with E-state index in [1.807, 2.05) is 60.7 Å². The van der Waals surface area contributed by atoms with E-state index < -0.39 is 0 Å². The average Bonchev–Trinajstić information content (AvgIpc) is 3.09. The van der Waals surface area contributed by atoms with E-state index in [0.29, 0.717) is 0 Å². The molecule has 0 saturated carbocycles. The van der Waals surface area contributed by atoms with Gasteiger partial charge in [0.25, 0.3) is 0 Å². The highest BCUT2D eigenvalue weighted by Gasteiger charge is 2.20. The van der Waals surface area contributed by atoms with Crippen LogP contribution in [0, 0.1) is 0 Å².